The highest BCUT2D eigenvalue weighted by atomic mass is 19.1. The van der Waals surface area contributed by atoms with Crippen molar-refractivity contribution in [1.82, 2.24) is 0 Å². The molecule has 31 heavy (non-hydrogen) atoms. The van der Waals surface area contributed by atoms with Crippen LogP contribution in [-0.4, -0.2) is 12.6 Å². The average Bonchev–Trinajstić information content (AvgIpc) is 3.22. The fraction of sp³-hybridized carbons (Fsp3) is 0.217. The second kappa shape index (κ2) is 7.13. The van der Waals surface area contributed by atoms with Gasteiger partial charge in [-0.3, -0.25) is 9.69 Å². The van der Waals surface area contributed by atoms with Crippen molar-refractivity contribution in [2.75, 3.05) is 11.7 Å². The molecule has 0 fully saturated rings. The van der Waals surface area contributed by atoms with E-state index in [4.69, 9.17) is 15.2 Å². The molecular weight excluding hydrogens is 404 g/mol. The van der Waals surface area contributed by atoms with Crippen LogP contribution in [0.3, 0.4) is 0 Å². The van der Waals surface area contributed by atoms with Crippen molar-refractivity contribution in [1.29, 1.82) is 5.26 Å². The van der Waals surface area contributed by atoms with E-state index in [1.165, 1.54) is 11.0 Å². The summed E-state index contributed by atoms with van der Waals surface area (Å²) < 4.78 is 40.2. The van der Waals surface area contributed by atoms with Gasteiger partial charge in [0.1, 0.15) is 23.1 Å². The number of ketones is 1. The van der Waals surface area contributed by atoms with Gasteiger partial charge in [0.25, 0.3) is 0 Å². The Morgan fingerprint density at radius 1 is 1.10 bits per heavy atom. The zero-order valence-corrected chi connectivity index (χ0v) is 16.3. The fourth-order valence-electron chi connectivity index (χ4n) is 4.47. The summed E-state index contributed by atoms with van der Waals surface area (Å²) in [5, 5.41) is 9.97. The maximum atomic E-state index is 14.7. The van der Waals surface area contributed by atoms with Gasteiger partial charge in [-0.1, -0.05) is 12.1 Å². The number of hydrogen-bond donors (Lipinski definition) is 1. The average molecular weight is 421 g/mol. The second-order valence-electron chi connectivity index (χ2n) is 7.50. The molecule has 2 aromatic carbocycles. The van der Waals surface area contributed by atoms with Crippen molar-refractivity contribution in [2.45, 2.75) is 25.2 Å². The second-order valence-corrected chi connectivity index (χ2v) is 7.50. The lowest BCUT2D eigenvalue weighted by Crippen LogP contribution is -2.39. The highest BCUT2D eigenvalue weighted by Gasteiger charge is 2.42. The van der Waals surface area contributed by atoms with Gasteiger partial charge in [0, 0.05) is 17.7 Å². The van der Waals surface area contributed by atoms with Crippen LogP contribution in [0, 0.1) is 23.0 Å². The molecule has 8 heteroatoms. The molecule has 0 saturated heterocycles. The molecule has 0 radical (unpaired) electrons. The van der Waals surface area contributed by atoms with Gasteiger partial charge in [0.15, 0.2) is 17.3 Å². The Bertz CT molecular complexity index is 1210. The Labute approximate surface area is 176 Å². The van der Waals surface area contributed by atoms with E-state index in [1.54, 1.807) is 18.2 Å². The minimum atomic E-state index is -0.827. The van der Waals surface area contributed by atoms with Crippen LogP contribution < -0.4 is 20.1 Å². The van der Waals surface area contributed by atoms with Gasteiger partial charge >= 0.3 is 0 Å². The van der Waals surface area contributed by atoms with Crippen LogP contribution in [0.15, 0.2) is 59.1 Å². The lowest BCUT2D eigenvalue weighted by molar-refractivity contribution is -0.116. The Morgan fingerprint density at radius 3 is 2.58 bits per heavy atom. The molecule has 0 amide bonds. The van der Waals surface area contributed by atoms with Gasteiger partial charge in [-0.25, -0.2) is 8.78 Å². The van der Waals surface area contributed by atoms with E-state index < -0.39 is 17.6 Å². The number of carbonyl (C=O) groups is 1. The third-order valence-corrected chi connectivity index (χ3v) is 5.80. The van der Waals surface area contributed by atoms with Crippen molar-refractivity contribution in [3.8, 4) is 17.6 Å². The number of allylic oxidation sites excluding steroid dienone is 3. The summed E-state index contributed by atoms with van der Waals surface area (Å²) in [5.74, 6) is -1.62. The van der Waals surface area contributed by atoms with E-state index in [9.17, 15) is 18.8 Å². The first kappa shape index (κ1) is 19.1. The number of nitrogens with zero attached hydrogens (tertiary/aromatic N) is 2. The van der Waals surface area contributed by atoms with Crippen molar-refractivity contribution < 1.29 is 23.0 Å². The third-order valence-electron chi connectivity index (χ3n) is 5.80. The molecule has 1 unspecified atom stereocenters. The molecule has 1 aliphatic carbocycles. The summed E-state index contributed by atoms with van der Waals surface area (Å²) in [6, 6.07) is 10.7. The lowest BCUT2D eigenvalue weighted by atomic mass is 9.75. The Kier molecular flexibility index (Phi) is 4.40. The van der Waals surface area contributed by atoms with Crippen LogP contribution in [0.25, 0.3) is 0 Å². The van der Waals surface area contributed by atoms with Crippen LogP contribution in [0.5, 0.6) is 11.5 Å². The molecule has 2 aromatic rings. The van der Waals surface area contributed by atoms with Gasteiger partial charge < -0.3 is 15.2 Å². The first-order valence-corrected chi connectivity index (χ1v) is 9.81. The highest BCUT2D eigenvalue weighted by molar-refractivity contribution is 6.01. The minimum Gasteiger partial charge on any atom is -0.454 e. The van der Waals surface area contributed by atoms with E-state index in [1.807, 2.05) is 0 Å². The van der Waals surface area contributed by atoms with Gasteiger partial charge in [0.2, 0.25) is 6.79 Å². The molecule has 5 rings (SSSR count). The quantitative estimate of drug-likeness (QED) is 0.789. The summed E-state index contributed by atoms with van der Waals surface area (Å²) in [4.78, 5) is 14.3. The number of rotatable bonds is 2. The third kappa shape index (κ3) is 2.85. The number of anilines is 1. The van der Waals surface area contributed by atoms with Gasteiger partial charge in [-0.2, -0.15) is 5.26 Å². The van der Waals surface area contributed by atoms with Crippen LogP contribution in [-0.2, 0) is 4.79 Å². The topological polar surface area (TPSA) is 88.6 Å². The number of halogens is 2. The summed E-state index contributed by atoms with van der Waals surface area (Å²) in [7, 11) is 0. The largest absolute Gasteiger partial charge is 0.454 e. The maximum Gasteiger partial charge on any atom is 0.231 e. The molecule has 1 atom stereocenters. The highest BCUT2D eigenvalue weighted by Crippen LogP contribution is 2.48. The molecular formula is C23H17F2N3O3. The monoisotopic (exact) mass is 421 g/mol. The first-order valence-electron chi connectivity index (χ1n) is 9.81. The maximum absolute atomic E-state index is 14.7. The molecule has 3 aliphatic rings. The standard InChI is InChI=1S/C23H17F2N3O3/c24-14-3-1-4-15(25)22(14)28-16-5-2-6-17(29)21(16)20(13(10-26)23(28)27)12-7-8-18-19(9-12)31-11-30-18/h1,3-4,7-9,20H,2,5-6,11,27H2. The molecule has 0 bridgehead atoms. The van der Waals surface area contributed by atoms with Crippen LogP contribution in [0.1, 0.15) is 30.7 Å². The molecule has 156 valence electrons. The molecule has 0 aromatic heterocycles. The van der Waals surface area contributed by atoms with Crippen molar-refractivity contribution in [2.24, 2.45) is 5.73 Å². The van der Waals surface area contributed by atoms with E-state index in [2.05, 4.69) is 6.07 Å². The van der Waals surface area contributed by atoms with Crippen molar-refractivity contribution in [3.05, 3.63) is 76.3 Å². The number of nitriles is 1. The number of Topliss-reactive ketones (excluding diaryl/α,β-unsaturated/α-hetero) is 1. The number of ether oxygens (including phenoxy) is 2. The van der Waals surface area contributed by atoms with Gasteiger partial charge in [0.05, 0.1) is 17.6 Å². The lowest BCUT2D eigenvalue weighted by Gasteiger charge is -2.39. The van der Waals surface area contributed by atoms with Crippen LogP contribution in [0.4, 0.5) is 14.5 Å². The molecule has 0 saturated carbocycles. The zero-order valence-electron chi connectivity index (χ0n) is 16.3. The smallest absolute Gasteiger partial charge is 0.231 e. The Hall–Kier alpha value is -3.86. The van der Waals surface area contributed by atoms with Crippen LogP contribution in [0.2, 0.25) is 0 Å². The van der Waals surface area contributed by atoms with Gasteiger partial charge in [-0.15, -0.1) is 0 Å². The van der Waals surface area contributed by atoms with Crippen LogP contribution >= 0.6 is 0 Å². The summed E-state index contributed by atoms with van der Waals surface area (Å²) in [6.45, 7) is 0.0831. The number of hydrogen-bond acceptors (Lipinski definition) is 6. The fourth-order valence-corrected chi connectivity index (χ4v) is 4.47. The normalized spacial score (nSPS) is 20.1. The first-order chi connectivity index (χ1) is 15.0. The Morgan fingerprint density at radius 2 is 1.84 bits per heavy atom. The molecule has 0 spiro atoms. The molecule has 6 nitrogen and oxygen atoms in total. The number of para-hydroxylation sites is 1. The molecule has 2 N–H and O–H groups in total. The number of benzene rings is 2. The molecule has 2 heterocycles. The summed E-state index contributed by atoms with van der Waals surface area (Å²) >= 11 is 0. The minimum absolute atomic E-state index is 0.0514. The van der Waals surface area contributed by atoms with E-state index in [0.29, 0.717) is 41.2 Å². The molecule has 2 aliphatic heterocycles. The Balaban J connectivity index is 1.76. The summed E-state index contributed by atoms with van der Waals surface area (Å²) in [5.41, 5.74) is 7.38. The van der Waals surface area contributed by atoms with Crippen molar-refractivity contribution >= 4 is 11.5 Å². The summed E-state index contributed by atoms with van der Waals surface area (Å²) in [6.07, 6.45) is 1.20. The van der Waals surface area contributed by atoms with Gasteiger partial charge in [-0.05, 0) is 42.7 Å². The number of nitrogens with two attached hydrogens (primary N) is 1. The van der Waals surface area contributed by atoms with E-state index in [0.717, 1.165) is 12.1 Å². The predicted octanol–water partition coefficient (Wildman–Crippen LogP) is 4.00. The number of fused-ring (bicyclic) bond motifs is 1. The SMILES string of the molecule is N#CC1=C(N)N(c2c(F)cccc2F)C2=C(C(=O)CCC2)C1c1ccc2c(c1)OCO2. The van der Waals surface area contributed by atoms with Crippen molar-refractivity contribution in [3.63, 3.8) is 0 Å². The zero-order chi connectivity index (χ0) is 21.7. The van der Waals surface area contributed by atoms with E-state index >= 15 is 0 Å². The predicted molar refractivity (Wildman–Crippen MR) is 107 cm³/mol. The van der Waals surface area contributed by atoms with E-state index in [-0.39, 0.29) is 36.1 Å². The number of carbonyl (C=O) groups excluding carboxylic acids is 1.